The molecule has 16 heavy (non-hydrogen) atoms. The minimum absolute atomic E-state index is 0.214. The zero-order valence-corrected chi connectivity index (χ0v) is 9.66. The quantitative estimate of drug-likeness (QED) is 0.738. The van der Waals surface area contributed by atoms with E-state index < -0.39 is 6.36 Å². The van der Waals surface area contributed by atoms with Gasteiger partial charge in [0.15, 0.2) is 0 Å². The Hall–Kier alpha value is -0.610. The molecule has 6 heteroatoms. The Bertz CT molecular complexity index is 352. The average molecular weight is 273 g/mol. The van der Waals surface area contributed by atoms with Crippen LogP contribution in [0.1, 0.15) is 12.0 Å². The van der Waals surface area contributed by atoms with Crippen LogP contribution < -0.4 is 4.74 Å². The second-order valence-corrected chi connectivity index (χ2v) is 3.95. The van der Waals surface area contributed by atoms with E-state index in [1.807, 2.05) is 0 Å². The van der Waals surface area contributed by atoms with E-state index in [1.165, 1.54) is 6.07 Å². The molecule has 0 amide bonds. The molecule has 1 nitrogen and oxygen atoms in total. The third-order valence-corrected chi connectivity index (χ3v) is 2.25. The number of ether oxygens (including phenoxy) is 1. The zero-order valence-electron chi connectivity index (χ0n) is 8.15. The van der Waals surface area contributed by atoms with Crippen molar-refractivity contribution in [1.82, 2.24) is 0 Å². The Labute approximate surface area is 101 Å². The first-order valence-electron chi connectivity index (χ1n) is 4.52. The Kier molecular flexibility index (Phi) is 4.74. The smallest absolute Gasteiger partial charge is 0.406 e. The highest BCUT2D eigenvalue weighted by Crippen LogP contribution is 2.27. The third kappa shape index (κ3) is 4.94. The summed E-state index contributed by atoms with van der Waals surface area (Å²) >= 11 is 11.2. The molecule has 0 aliphatic heterocycles. The summed E-state index contributed by atoms with van der Waals surface area (Å²) < 4.78 is 39.7. The Balaban J connectivity index is 2.81. The number of hydrogen-bond acceptors (Lipinski definition) is 1. The molecule has 0 spiro atoms. The summed E-state index contributed by atoms with van der Waals surface area (Å²) in [6, 6.07) is 4.03. The maximum absolute atomic E-state index is 12.0. The Morgan fingerprint density at radius 2 is 1.88 bits per heavy atom. The number of alkyl halides is 4. The van der Waals surface area contributed by atoms with Crippen molar-refractivity contribution in [2.45, 2.75) is 19.2 Å². The van der Waals surface area contributed by atoms with Crippen molar-refractivity contribution in [2.24, 2.45) is 0 Å². The molecule has 1 aromatic rings. The monoisotopic (exact) mass is 272 g/mol. The first kappa shape index (κ1) is 13.5. The number of aryl methyl sites for hydroxylation is 1. The number of hydrogen-bond donors (Lipinski definition) is 0. The van der Waals surface area contributed by atoms with Gasteiger partial charge in [0.25, 0.3) is 0 Å². The fourth-order valence-electron chi connectivity index (χ4n) is 1.23. The van der Waals surface area contributed by atoms with E-state index in [0.29, 0.717) is 24.3 Å². The van der Waals surface area contributed by atoms with E-state index in [-0.39, 0.29) is 10.8 Å². The summed E-state index contributed by atoms with van der Waals surface area (Å²) in [5, 5.41) is 0.214. The van der Waals surface area contributed by atoms with Gasteiger partial charge in [0.2, 0.25) is 0 Å². The number of halogens is 5. The lowest BCUT2D eigenvalue weighted by Crippen LogP contribution is -2.17. The SMILES string of the molecule is FC(F)(F)Oc1cc(Cl)cc(CCCCl)c1. The second-order valence-electron chi connectivity index (χ2n) is 3.14. The van der Waals surface area contributed by atoms with Crippen molar-refractivity contribution in [3.8, 4) is 5.75 Å². The van der Waals surface area contributed by atoms with E-state index in [2.05, 4.69) is 4.74 Å². The molecule has 0 fully saturated rings. The predicted octanol–water partition coefficient (Wildman–Crippen LogP) is 4.41. The van der Waals surface area contributed by atoms with Gasteiger partial charge < -0.3 is 4.74 Å². The highest BCUT2D eigenvalue weighted by Gasteiger charge is 2.31. The fourth-order valence-corrected chi connectivity index (χ4v) is 1.61. The van der Waals surface area contributed by atoms with Gasteiger partial charge in [-0.1, -0.05) is 11.6 Å². The van der Waals surface area contributed by atoms with Crippen LogP contribution in [0, 0.1) is 0 Å². The van der Waals surface area contributed by atoms with Gasteiger partial charge >= 0.3 is 6.36 Å². The van der Waals surface area contributed by atoms with Crippen molar-refractivity contribution < 1.29 is 17.9 Å². The summed E-state index contributed by atoms with van der Waals surface area (Å²) in [4.78, 5) is 0. The molecule has 0 saturated carbocycles. The van der Waals surface area contributed by atoms with Gasteiger partial charge in [0, 0.05) is 10.9 Å². The van der Waals surface area contributed by atoms with Gasteiger partial charge in [-0.05, 0) is 36.6 Å². The lowest BCUT2D eigenvalue weighted by Gasteiger charge is -2.10. The molecule has 0 saturated heterocycles. The van der Waals surface area contributed by atoms with Crippen LogP contribution >= 0.6 is 23.2 Å². The van der Waals surface area contributed by atoms with E-state index in [9.17, 15) is 13.2 Å². The van der Waals surface area contributed by atoms with E-state index in [1.54, 1.807) is 6.07 Å². The van der Waals surface area contributed by atoms with Gasteiger partial charge in [0.05, 0.1) is 0 Å². The first-order chi connectivity index (χ1) is 7.40. The molecule has 90 valence electrons. The lowest BCUT2D eigenvalue weighted by molar-refractivity contribution is -0.274. The summed E-state index contributed by atoms with van der Waals surface area (Å²) in [6.45, 7) is 0. The van der Waals surface area contributed by atoms with Crippen molar-refractivity contribution in [2.75, 3.05) is 5.88 Å². The van der Waals surface area contributed by atoms with Crippen LogP contribution in [-0.2, 0) is 6.42 Å². The lowest BCUT2D eigenvalue weighted by atomic mass is 10.1. The highest BCUT2D eigenvalue weighted by atomic mass is 35.5. The van der Waals surface area contributed by atoms with Crippen LogP contribution in [-0.4, -0.2) is 12.2 Å². The summed E-state index contributed by atoms with van der Waals surface area (Å²) in [5.41, 5.74) is 0.674. The third-order valence-electron chi connectivity index (χ3n) is 1.76. The molecule has 0 aliphatic rings. The predicted molar refractivity (Wildman–Crippen MR) is 57.2 cm³/mol. The Morgan fingerprint density at radius 1 is 1.19 bits per heavy atom. The van der Waals surface area contributed by atoms with Gasteiger partial charge in [-0.3, -0.25) is 0 Å². The second kappa shape index (κ2) is 5.64. The minimum Gasteiger partial charge on any atom is -0.406 e. The summed E-state index contributed by atoms with van der Waals surface area (Å²) in [5.74, 6) is 0.145. The number of benzene rings is 1. The van der Waals surface area contributed by atoms with Crippen molar-refractivity contribution in [1.29, 1.82) is 0 Å². The van der Waals surface area contributed by atoms with Crippen molar-refractivity contribution >= 4 is 23.2 Å². The molecular formula is C10H9Cl2F3O. The van der Waals surface area contributed by atoms with Gasteiger partial charge in [-0.25, -0.2) is 0 Å². The van der Waals surface area contributed by atoms with Crippen molar-refractivity contribution in [3.05, 3.63) is 28.8 Å². The molecule has 0 aromatic heterocycles. The molecule has 0 N–H and O–H groups in total. The molecule has 0 unspecified atom stereocenters. The van der Waals surface area contributed by atoms with Crippen LogP contribution in [0.3, 0.4) is 0 Å². The fraction of sp³-hybridized carbons (Fsp3) is 0.400. The largest absolute Gasteiger partial charge is 0.573 e. The topological polar surface area (TPSA) is 9.23 Å². The van der Waals surface area contributed by atoms with Crippen LogP contribution in [0.15, 0.2) is 18.2 Å². The van der Waals surface area contributed by atoms with Crippen molar-refractivity contribution in [3.63, 3.8) is 0 Å². The van der Waals surface area contributed by atoms with Gasteiger partial charge in [-0.15, -0.1) is 24.8 Å². The normalized spacial score (nSPS) is 11.6. The molecule has 1 rings (SSSR count). The molecular weight excluding hydrogens is 264 g/mol. The molecule has 0 aliphatic carbocycles. The average Bonchev–Trinajstić information content (AvgIpc) is 2.10. The first-order valence-corrected chi connectivity index (χ1v) is 5.43. The molecule has 0 heterocycles. The van der Waals surface area contributed by atoms with E-state index in [0.717, 1.165) is 6.07 Å². The van der Waals surface area contributed by atoms with E-state index in [4.69, 9.17) is 23.2 Å². The molecule has 0 bridgehead atoms. The molecule has 0 atom stereocenters. The van der Waals surface area contributed by atoms with Crippen LogP contribution in [0.2, 0.25) is 5.02 Å². The Morgan fingerprint density at radius 3 is 2.44 bits per heavy atom. The summed E-state index contributed by atoms with van der Waals surface area (Å²) in [6.07, 6.45) is -3.46. The van der Waals surface area contributed by atoms with Crippen LogP contribution in [0.5, 0.6) is 5.75 Å². The van der Waals surface area contributed by atoms with Gasteiger partial charge in [0.1, 0.15) is 5.75 Å². The van der Waals surface area contributed by atoms with E-state index >= 15 is 0 Å². The number of rotatable bonds is 4. The summed E-state index contributed by atoms with van der Waals surface area (Å²) in [7, 11) is 0. The molecule has 0 radical (unpaired) electrons. The molecule has 1 aromatic carbocycles. The van der Waals surface area contributed by atoms with Crippen LogP contribution in [0.4, 0.5) is 13.2 Å². The van der Waals surface area contributed by atoms with Gasteiger partial charge in [-0.2, -0.15) is 0 Å². The standard InChI is InChI=1S/C10H9Cl2F3O/c11-3-1-2-7-4-8(12)6-9(5-7)16-10(13,14)15/h4-6H,1-3H2. The van der Waals surface area contributed by atoms with Crippen LogP contribution in [0.25, 0.3) is 0 Å². The maximum atomic E-state index is 12.0. The highest BCUT2D eigenvalue weighted by molar-refractivity contribution is 6.30. The zero-order chi connectivity index (χ0) is 12.2. The maximum Gasteiger partial charge on any atom is 0.573 e. The minimum atomic E-state index is -4.70.